The maximum absolute atomic E-state index is 12.8. The monoisotopic (exact) mass is 863 g/mol. The van der Waals surface area contributed by atoms with Crippen molar-refractivity contribution in [1.29, 1.82) is 0 Å². The van der Waals surface area contributed by atoms with Gasteiger partial charge in [-0.1, -0.05) is 266 Å². The number of esters is 3. The number of hydrogen-bond donors (Lipinski definition) is 0. The summed E-state index contributed by atoms with van der Waals surface area (Å²) in [5.41, 5.74) is 0. The summed E-state index contributed by atoms with van der Waals surface area (Å²) in [6.07, 6.45) is 49.6. The van der Waals surface area contributed by atoms with Crippen molar-refractivity contribution in [3.05, 3.63) is 0 Å². The summed E-state index contributed by atoms with van der Waals surface area (Å²) < 4.78 is 16.8. The number of hydrogen-bond acceptors (Lipinski definition) is 6. The molecule has 0 aliphatic rings. The van der Waals surface area contributed by atoms with E-state index in [1.54, 1.807) is 0 Å². The first kappa shape index (κ1) is 59.4. The molecule has 0 aromatic rings. The fourth-order valence-electron chi connectivity index (χ4n) is 8.34. The number of rotatable bonds is 49. The van der Waals surface area contributed by atoms with Gasteiger partial charge in [-0.3, -0.25) is 14.4 Å². The molecule has 6 nitrogen and oxygen atoms in total. The van der Waals surface area contributed by atoms with Crippen molar-refractivity contribution in [2.75, 3.05) is 13.2 Å². The second-order valence-corrected chi connectivity index (χ2v) is 19.8. The van der Waals surface area contributed by atoms with Crippen LogP contribution >= 0.6 is 0 Å². The predicted molar refractivity (Wildman–Crippen MR) is 261 cm³/mol. The normalized spacial score (nSPS) is 12.0. The Morgan fingerprint density at radius 2 is 0.541 bits per heavy atom. The second-order valence-electron chi connectivity index (χ2n) is 19.8. The van der Waals surface area contributed by atoms with Gasteiger partial charge in [0.05, 0.1) is 0 Å². The molecule has 1 atom stereocenters. The molecule has 0 aromatic heterocycles. The largest absolute Gasteiger partial charge is 0.462 e. The summed E-state index contributed by atoms with van der Waals surface area (Å²) in [5.74, 6) is 0.774. The van der Waals surface area contributed by atoms with Crippen LogP contribution in [0, 0.1) is 11.8 Å². The highest BCUT2D eigenvalue weighted by atomic mass is 16.6. The number of unbranched alkanes of at least 4 members (excludes halogenated alkanes) is 34. The Morgan fingerprint density at radius 3 is 0.803 bits per heavy atom. The summed E-state index contributed by atoms with van der Waals surface area (Å²) in [6, 6.07) is 0. The standard InChI is InChI=1S/C55H106O6/c1-6-7-8-9-10-11-12-13-14-15-16-19-23-26-31-37-42-47-55(58)61-52(49-60-54(57)46-41-36-32-27-29-34-39-44-51(4)5)48-59-53(56)45-40-35-30-25-22-20-17-18-21-24-28-33-38-43-50(2)3/h50-52H,6-49H2,1-5H3/t52-/m0/s1. The maximum Gasteiger partial charge on any atom is 0.306 e. The lowest BCUT2D eigenvalue weighted by atomic mass is 10.0. The molecule has 0 saturated heterocycles. The Hall–Kier alpha value is -1.59. The fourth-order valence-corrected chi connectivity index (χ4v) is 8.34. The van der Waals surface area contributed by atoms with E-state index in [-0.39, 0.29) is 31.1 Å². The molecule has 362 valence electrons. The van der Waals surface area contributed by atoms with Crippen molar-refractivity contribution in [3.63, 3.8) is 0 Å². The summed E-state index contributed by atoms with van der Waals surface area (Å²) in [6.45, 7) is 11.3. The van der Waals surface area contributed by atoms with Crippen molar-refractivity contribution in [2.24, 2.45) is 11.8 Å². The van der Waals surface area contributed by atoms with Crippen molar-refractivity contribution in [1.82, 2.24) is 0 Å². The number of carbonyl (C=O) groups is 3. The highest BCUT2D eigenvalue weighted by Gasteiger charge is 2.19. The Morgan fingerprint density at radius 1 is 0.311 bits per heavy atom. The van der Waals surface area contributed by atoms with E-state index in [9.17, 15) is 14.4 Å². The van der Waals surface area contributed by atoms with E-state index in [1.165, 1.54) is 193 Å². The summed E-state index contributed by atoms with van der Waals surface area (Å²) in [4.78, 5) is 38.0. The van der Waals surface area contributed by atoms with Gasteiger partial charge in [-0.2, -0.15) is 0 Å². The van der Waals surface area contributed by atoms with Crippen LogP contribution in [0.15, 0.2) is 0 Å². The van der Waals surface area contributed by atoms with E-state index < -0.39 is 6.10 Å². The molecule has 0 aliphatic heterocycles. The topological polar surface area (TPSA) is 78.9 Å². The minimum absolute atomic E-state index is 0.0638. The summed E-state index contributed by atoms with van der Waals surface area (Å²) in [5, 5.41) is 0. The first-order valence-electron chi connectivity index (χ1n) is 27.2. The Kier molecular flexibility index (Phi) is 46.6. The Labute approximate surface area is 380 Å². The zero-order valence-electron chi connectivity index (χ0n) is 41.8. The highest BCUT2D eigenvalue weighted by molar-refractivity contribution is 5.71. The van der Waals surface area contributed by atoms with Crippen LogP contribution in [0.1, 0.15) is 304 Å². The smallest absolute Gasteiger partial charge is 0.306 e. The van der Waals surface area contributed by atoms with Crippen LogP contribution in [0.2, 0.25) is 0 Å². The summed E-state index contributed by atoms with van der Waals surface area (Å²) in [7, 11) is 0. The molecule has 0 rings (SSSR count). The van der Waals surface area contributed by atoms with E-state index in [2.05, 4.69) is 34.6 Å². The summed E-state index contributed by atoms with van der Waals surface area (Å²) >= 11 is 0. The molecule has 0 heterocycles. The first-order chi connectivity index (χ1) is 29.7. The van der Waals surface area contributed by atoms with Gasteiger partial charge >= 0.3 is 17.9 Å². The van der Waals surface area contributed by atoms with Crippen LogP contribution in [-0.4, -0.2) is 37.2 Å². The molecule has 0 saturated carbocycles. The molecule has 0 aromatic carbocycles. The maximum atomic E-state index is 12.8. The molecular weight excluding hydrogens is 757 g/mol. The average molecular weight is 863 g/mol. The Bertz CT molecular complexity index is 931. The van der Waals surface area contributed by atoms with Gasteiger partial charge in [0, 0.05) is 19.3 Å². The SMILES string of the molecule is CCCCCCCCCCCCCCCCCCCC(=O)O[C@@H](COC(=O)CCCCCCCCCCCCCCCC(C)C)COC(=O)CCCCCCCCCC(C)C. The van der Waals surface area contributed by atoms with Crippen LogP contribution in [0.3, 0.4) is 0 Å². The third kappa shape index (κ3) is 49.3. The lowest BCUT2D eigenvalue weighted by Gasteiger charge is -2.18. The molecule has 6 heteroatoms. The van der Waals surface area contributed by atoms with E-state index >= 15 is 0 Å². The van der Waals surface area contributed by atoms with Gasteiger partial charge in [-0.05, 0) is 31.1 Å². The van der Waals surface area contributed by atoms with Gasteiger partial charge in [-0.15, -0.1) is 0 Å². The molecule has 0 amide bonds. The predicted octanol–water partition coefficient (Wildman–Crippen LogP) is 17.7. The average Bonchev–Trinajstić information content (AvgIpc) is 3.23. The molecule has 0 radical (unpaired) electrons. The van der Waals surface area contributed by atoms with Crippen molar-refractivity contribution < 1.29 is 28.6 Å². The van der Waals surface area contributed by atoms with E-state index in [4.69, 9.17) is 14.2 Å². The molecule has 0 fully saturated rings. The van der Waals surface area contributed by atoms with Crippen molar-refractivity contribution in [3.8, 4) is 0 Å². The lowest BCUT2D eigenvalue weighted by molar-refractivity contribution is -0.167. The van der Waals surface area contributed by atoms with Crippen LogP contribution < -0.4 is 0 Å². The van der Waals surface area contributed by atoms with Gasteiger partial charge in [-0.25, -0.2) is 0 Å². The van der Waals surface area contributed by atoms with E-state index in [0.717, 1.165) is 69.6 Å². The van der Waals surface area contributed by atoms with E-state index in [0.29, 0.717) is 19.3 Å². The van der Waals surface area contributed by atoms with Gasteiger partial charge in [0.1, 0.15) is 13.2 Å². The van der Waals surface area contributed by atoms with Gasteiger partial charge < -0.3 is 14.2 Å². The van der Waals surface area contributed by atoms with Crippen LogP contribution in [0.25, 0.3) is 0 Å². The molecule has 61 heavy (non-hydrogen) atoms. The number of ether oxygens (including phenoxy) is 3. The quantitative estimate of drug-likeness (QED) is 0.0344. The number of carbonyl (C=O) groups excluding carboxylic acids is 3. The highest BCUT2D eigenvalue weighted by Crippen LogP contribution is 2.18. The molecule has 0 aliphatic carbocycles. The molecular formula is C55H106O6. The first-order valence-corrected chi connectivity index (χ1v) is 27.2. The van der Waals surface area contributed by atoms with Crippen molar-refractivity contribution in [2.45, 2.75) is 310 Å². The van der Waals surface area contributed by atoms with Crippen LogP contribution in [0.4, 0.5) is 0 Å². The minimum atomic E-state index is -0.762. The van der Waals surface area contributed by atoms with Crippen molar-refractivity contribution >= 4 is 17.9 Å². The molecule has 0 spiro atoms. The van der Waals surface area contributed by atoms with Crippen LogP contribution in [0.5, 0.6) is 0 Å². The van der Waals surface area contributed by atoms with E-state index in [1.807, 2.05) is 0 Å². The molecule has 0 unspecified atom stereocenters. The lowest BCUT2D eigenvalue weighted by Crippen LogP contribution is -2.30. The third-order valence-corrected chi connectivity index (χ3v) is 12.5. The van der Waals surface area contributed by atoms with Gasteiger partial charge in [0.25, 0.3) is 0 Å². The fraction of sp³-hybridized carbons (Fsp3) is 0.945. The Balaban J connectivity index is 4.27. The minimum Gasteiger partial charge on any atom is -0.462 e. The van der Waals surface area contributed by atoms with Gasteiger partial charge in [0.2, 0.25) is 0 Å². The zero-order chi connectivity index (χ0) is 44.7. The zero-order valence-corrected chi connectivity index (χ0v) is 41.8. The van der Waals surface area contributed by atoms with Gasteiger partial charge in [0.15, 0.2) is 6.10 Å². The molecule has 0 bridgehead atoms. The van der Waals surface area contributed by atoms with Crippen LogP contribution in [-0.2, 0) is 28.6 Å². The molecule has 0 N–H and O–H groups in total. The third-order valence-electron chi connectivity index (χ3n) is 12.5. The second kappa shape index (κ2) is 47.9.